The van der Waals surface area contributed by atoms with Crippen molar-refractivity contribution in [3.8, 4) is 0 Å². The third-order valence-electron chi connectivity index (χ3n) is 3.22. The largest absolute Gasteiger partial charge is 0.314 e. The van der Waals surface area contributed by atoms with Crippen LogP contribution >= 0.6 is 11.6 Å². The van der Waals surface area contributed by atoms with Crippen molar-refractivity contribution in [1.82, 2.24) is 10.2 Å². The van der Waals surface area contributed by atoms with Crippen LogP contribution in [0.2, 0.25) is 5.02 Å². The molecule has 1 aromatic rings. The standard InChI is InChI=1S/C14H23ClN2O2S/c1-3-17(4-2)11-9-16-10-12-20(18,19)14-8-6-5-7-13(14)15/h5-8,16H,3-4,9-12H2,1-2H3. The lowest BCUT2D eigenvalue weighted by Gasteiger charge is -2.18. The molecule has 0 radical (unpaired) electrons. The molecule has 0 bridgehead atoms. The normalized spacial score (nSPS) is 12.0. The maximum absolute atomic E-state index is 12.1. The van der Waals surface area contributed by atoms with E-state index in [9.17, 15) is 8.42 Å². The molecular formula is C14H23ClN2O2S. The molecule has 20 heavy (non-hydrogen) atoms. The van der Waals surface area contributed by atoms with Crippen molar-refractivity contribution in [2.75, 3.05) is 38.5 Å². The Kier molecular flexibility index (Phi) is 7.51. The van der Waals surface area contributed by atoms with Gasteiger partial charge in [0.25, 0.3) is 0 Å². The first-order valence-corrected chi connectivity index (χ1v) is 8.94. The first-order chi connectivity index (χ1) is 9.51. The average molecular weight is 319 g/mol. The van der Waals surface area contributed by atoms with Crippen molar-refractivity contribution in [3.05, 3.63) is 29.3 Å². The molecule has 4 nitrogen and oxygen atoms in total. The molecule has 0 saturated carbocycles. The van der Waals surface area contributed by atoms with Gasteiger partial charge in [0, 0.05) is 19.6 Å². The van der Waals surface area contributed by atoms with E-state index in [4.69, 9.17) is 11.6 Å². The van der Waals surface area contributed by atoms with Crippen molar-refractivity contribution >= 4 is 21.4 Å². The topological polar surface area (TPSA) is 49.4 Å². The van der Waals surface area contributed by atoms with Gasteiger partial charge in [-0.15, -0.1) is 0 Å². The summed E-state index contributed by atoms with van der Waals surface area (Å²) in [4.78, 5) is 2.50. The Morgan fingerprint density at radius 2 is 1.80 bits per heavy atom. The van der Waals surface area contributed by atoms with Crippen LogP contribution in [0.15, 0.2) is 29.2 Å². The second kappa shape index (κ2) is 8.62. The molecule has 114 valence electrons. The third-order valence-corrected chi connectivity index (χ3v) is 5.43. The summed E-state index contributed by atoms with van der Waals surface area (Å²) in [5, 5.41) is 3.45. The van der Waals surface area contributed by atoms with E-state index in [-0.39, 0.29) is 15.7 Å². The van der Waals surface area contributed by atoms with Crippen LogP contribution in [0.4, 0.5) is 0 Å². The lowest BCUT2D eigenvalue weighted by molar-refractivity contribution is 0.303. The van der Waals surface area contributed by atoms with Crippen molar-refractivity contribution in [1.29, 1.82) is 0 Å². The number of benzene rings is 1. The summed E-state index contributed by atoms with van der Waals surface area (Å²) in [5.74, 6) is 0.0645. The van der Waals surface area contributed by atoms with Gasteiger partial charge in [0.2, 0.25) is 0 Å². The molecule has 1 rings (SSSR count). The Balaban J connectivity index is 2.40. The average Bonchev–Trinajstić information content (AvgIpc) is 2.43. The molecule has 0 aliphatic heterocycles. The van der Waals surface area contributed by atoms with Gasteiger partial charge in [0.1, 0.15) is 0 Å². The van der Waals surface area contributed by atoms with Gasteiger partial charge in [-0.05, 0) is 25.2 Å². The number of rotatable bonds is 9. The fourth-order valence-electron chi connectivity index (χ4n) is 1.92. The van der Waals surface area contributed by atoms with E-state index in [2.05, 4.69) is 24.1 Å². The van der Waals surface area contributed by atoms with Gasteiger partial charge < -0.3 is 10.2 Å². The van der Waals surface area contributed by atoms with E-state index < -0.39 is 9.84 Å². The van der Waals surface area contributed by atoms with Gasteiger partial charge in [-0.2, -0.15) is 0 Å². The zero-order valence-corrected chi connectivity index (χ0v) is 13.7. The van der Waals surface area contributed by atoms with Gasteiger partial charge in [0.15, 0.2) is 9.84 Å². The van der Waals surface area contributed by atoms with Gasteiger partial charge in [0.05, 0.1) is 15.7 Å². The number of hydrogen-bond acceptors (Lipinski definition) is 4. The van der Waals surface area contributed by atoms with E-state index in [0.717, 1.165) is 26.2 Å². The van der Waals surface area contributed by atoms with Crippen molar-refractivity contribution in [2.45, 2.75) is 18.7 Å². The molecule has 6 heteroatoms. The summed E-state index contributed by atoms with van der Waals surface area (Å²) < 4.78 is 24.3. The van der Waals surface area contributed by atoms with E-state index in [1.165, 1.54) is 0 Å². The Hall–Kier alpha value is -0.620. The van der Waals surface area contributed by atoms with Gasteiger partial charge in [-0.1, -0.05) is 37.6 Å². The smallest absolute Gasteiger partial charge is 0.181 e. The van der Waals surface area contributed by atoms with Crippen LogP contribution in [-0.4, -0.2) is 51.8 Å². The third kappa shape index (κ3) is 5.40. The zero-order chi connectivity index (χ0) is 15.0. The second-order valence-corrected chi connectivity index (χ2v) is 7.01. The molecule has 0 saturated heterocycles. The molecule has 0 aliphatic carbocycles. The highest BCUT2D eigenvalue weighted by atomic mass is 35.5. The van der Waals surface area contributed by atoms with Gasteiger partial charge >= 0.3 is 0 Å². The summed E-state index contributed by atoms with van der Waals surface area (Å²) in [5.41, 5.74) is 0. The van der Waals surface area contributed by atoms with Crippen molar-refractivity contribution in [2.24, 2.45) is 0 Å². The predicted molar refractivity (Wildman–Crippen MR) is 84.2 cm³/mol. The highest BCUT2D eigenvalue weighted by Crippen LogP contribution is 2.21. The summed E-state index contributed by atoms with van der Waals surface area (Å²) in [7, 11) is -3.31. The van der Waals surface area contributed by atoms with Crippen molar-refractivity contribution < 1.29 is 8.42 Å². The Morgan fingerprint density at radius 1 is 1.15 bits per heavy atom. The van der Waals surface area contributed by atoms with Crippen LogP contribution < -0.4 is 5.32 Å². The minimum Gasteiger partial charge on any atom is -0.314 e. The molecule has 0 aromatic heterocycles. The molecule has 0 fully saturated rings. The Labute approximate surface area is 127 Å². The van der Waals surface area contributed by atoms with Crippen molar-refractivity contribution in [3.63, 3.8) is 0 Å². The summed E-state index contributed by atoms with van der Waals surface area (Å²) in [6.07, 6.45) is 0. The van der Waals surface area contributed by atoms with E-state index in [0.29, 0.717) is 6.54 Å². The van der Waals surface area contributed by atoms with E-state index >= 15 is 0 Å². The SMILES string of the molecule is CCN(CC)CCNCCS(=O)(=O)c1ccccc1Cl. The predicted octanol–water partition coefficient (Wildman–Crippen LogP) is 2.05. The molecule has 0 spiro atoms. The number of likely N-dealkylation sites (N-methyl/N-ethyl adjacent to an activating group) is 1. The molecule has 1 aromatic carbocycles. The number of nitrogens with one attached hydrogen (secondary N) is 1. The quantitative estimate of drug-likeness (QED) is 0.708. The second-order valence-electron chi connectivity index (χ2n) is 4.53. The molecule has 0 heterocycles. The Bertz CT molecular complexity index is 502. The molecule has 0 unspecified atom stereocenters. The molecule has 0 atom stereocenters. The van der Waals surface area contributed by atoms with Gasteiger partial charge in [-0.3, -0.25) is 0 Å². The molecule has 0 aliphatic rings. The minimum absolute atomic E-state index is 0.0645. The zero-order valence-electron chi connectivity index (χ0n) is 12.1. The molecule has 1 N–H and O–H groups in total. The first-order valence-electron chi connectivity index (χ1n) is 6.91. The molecule has 0 amide bonds. The number of sulfone groups is 1. The lowest BCUT2D eigenvalue weighted by Crippen LogP contribution is -2.33. The van der Waals surface area contributed by atoms with E-state index in [1.807, 2.05) is 0 Å². The van der Waals surface area contributed by atoms with Crippen LogP contribution in [0.25, 0.3) is 0 Å². The maximum Gasteiger partial charge on any atom is 0.181 e. The Morgan fingerprint density at radius 3 is 2.40 bits per heavy atom. The number of nitrogens with zero attached hydrogens (tertiary/aromatic N) is 1. The molecular weight excluding hydrogens is 296 g/mol. The monoisotopic (exact) mass is 318 g/mol. The fourth-order valence-corrected chi connectivity index (χ4v) is 3.69. The van der Waals surface area contributed by atoms with Gasteiger partial charge in [-0.25, -0.2) is 8.42 Å². The van der Waals surface area contributed by atoms with Crippen LogP contribution in [0.5, 0.6) is 0 Å². The van der Waals surface area contributed by atoms with Crippen LogP contribution in [0.1, 0.15) is 13.8 Å². The minimum atomic E-state index is -3.31. The van der Waals surface area contributed by atoms with Crippen LogP contribution in [0, 0.1) is 0 Å². The summed E-state index contributed by atoms with van der Waals surface area (Å²) >= 11 is 5.92. The number of hydrogen-bond donors (Lipinski definition) is 1. The number of halogens is 1. The summed E-state index contributed by atoms with van der Waals surface area (Å²) in [6, 6.07) is 6.56. The first kappa shape index (κ1) is 17.4. The van der Waals surface area contributed by atoms with Crippen LogP contribution in [-0.2, 0) is 9.84 Å². The summed E-state index contributed by atoms with van der Waals surface area (Å²) in [6.45, 7) is 8.41. The highest BCUT2D eigenvalue weighted by molar-refractivity contribution is 7.91. The van der Waals surface area contributed by atoms with E-state index in [1.54, 1.807) is 24.3 Å². The maximum atomic E-state index is 12.1. The fraction of sp³-hybridized carbons (Fsp3) is 0.571. The van der Waals surface area contributed by atoms with Crippen LogP contribution in [0.3, 0.4) is 0 Å². The lowest BCUT2D eigenvalue weighted by atomic mass is 10.4. The highest BCUT2D eigenvalue weighted by Gasteiger charge is 2.16.